The lowest BCUT2D eigenvalue weighted by atomic mass is 9.83. The zero-order valence-electron chi connectivity index (χ0n) is 19.3. The second-order valence-corrected chi connectivity index (χ2v) is 9.21. The van der Waals surface area contributed by atoms with Crippen molar-refractivity contribution < 1.29 is 18.8 Å². The molecule has 1 amide bonds. The molecule has 0 saturated carbocycles. The Morgan fingerprint density at radius 3 is 2.66 bits per heavy atom. The molecule has 0 radical (unpaired) electrons. The van der Waals surface area contributed by atoms with Crippen LogP contribution in [0.1, 0.15) is 59.6 Å². The van der Waals surface area contributed by atoms with Gasteiger partial charge in [-0.2, -0.15) is 0 Å². The van der Waals surface area contributed by atoms with Crippen LogP contribution >= 0.6 is 0 Å². The zero-order chi connectivity index (χ0) is 22.4. The maximum atomic E-state index is 13.4. The molecular formula is C25H31N3O4. The average Bonchev–Trinajstić information content (AvgIpc) is 3.38. The summed E-state index contributed by atoms with van der Waals surface area (Å²) < 4.78 is 18.7. The van der Waals surface area contributed by atoms with Crippen molar-refractivity contribution in [3.05, 3.63) is 40.9 Å². The van der Waals surface area contributed by atoms with Crippen LogP contribution in [0, 0.1) is 5.92 Å². The molecule has 1 fully saturated rings. The molecule has 2 aliphatic rings. The molecule has 1 aliphatic carbocycles. The normalized spacial score (nSPS) is 19.2. The number of hydrogen-bond acceptors (Lipinski definition) is 5. The number of aryl methyl sites for hydroxylation is 2. The highest BCUT2D eigenvalue weighted by Crippen LogP contribution is 2.38. The summed E-state index contributed by atoms with van der Waals surface area (Å²) in [5.41, 5.74) is 4.10. The number of ether oxygens (including phenoxy) is 2. The molecule has 1 unspecified atom stereocenters. The van der Waals surface area contributed by atoms with Crippen molar-refractivity contribution in [2.45, 2.75) is 44.9 Å². The Bertz CT molecular complexity index is 1150. The third kappa shape index (κ3) is 3.34. The van der Waals surface area contributed by atoms with Crippen molar-refractivity contribution in [2.24, 2.45) is 13.0 Å². The van der Waals surface area contributed by atoms with Crippen LogP contribution in [0.2, 0.25) is 0 Å². The SMILES string of the molecule is COc1ccc2c(cc(C(=O)N3CCC(c4onc5c4CC(C)CC5)CC3)n2C)c1OC. The molecule has 1 aromatic carbocycles. The second-order valence-electron chi connectivity index (χ2n) is 9.21. The van der Waals surface area contributed by atoms with E-state index in [0.717, 1.165) is 61.1 Å². The van der Waals surface area contributed by atoms with E-state index < -0.39 is 0 Å². The molecule has 3 aromatic rings. The van der Waals surface area contributed by atoms with Gasteiger partial charge in [0.2, 0.25) is 0 Å². The molecule has 170 valence electrons. The predicted octanol–water partition coefficient (Wildman–Crippen LogP) is 4.33. The average molecular weight is 438 g/mol. The standard InChI is InChI=1S/C25H31N3O4/c1-15-5-6-19-17(13-15)23(32-26-19)16-9-11-28(12-10-16)25(29)21-14-18-20(27(21)2)7-8-22(30-3)24(18)31-4/h7-8,14-16H,5-6,9-13H2,1-4H3. The number of aromatic nitrogens is 2. The maximum absolute atomic E-state index is 13.4. The number of amides is 1. The van der Waals surface area contributed by atoms with E-state index in [1.807, 2.05) is 34.7 Å². The van der Waals surface area contributed by atoms with Crippen molar-refractivity contribution in [1.82, 2.24) is 14.6 Å². The minimum Gasteiger partial charge on any atom is -0.493 e. The molecule has 3 heterocycles. The highest BCUT2D eigenvalue weighted by atomic mass is 16.5. The van der Waals surface area contributed by atoms with Gasteiger partial charge in [-0.15, -0.1) is 0 Å². The number of carbonyl (C=O) groups excluding carboxylic acids is 1. The number of benzene rings is 1. The number of methoxy groups -OCH3 is 2. The fourth-order valence-corrected chi connectivity index (χ4v) is 5.37. The quantitative estimate of drug-likeness (QED) is 0.608. The lowest BCUT2D eigenvalue weighted by Gasteiger charge is -2.31. The highest BCUT2D eigenvalue weighted by Gasteiger charge is 2.32. The van der Waals surface area contributed by atoms with Gasteiger partial charge in [0.25, 0.3) is 5.91 Å². The summed E-state index contributed by atoms with van der Waals surface area (Å²) in [6, 6.07) is 5.76. The summed E-state index contributed by atoms with van der Waals surface area (Å²) in [6.45, 7) is 3.74. The Morgan fingerprint density at radius 1 is 1.16 bits per heavy atom. The van der Waals surface area contributed by atoms with E-state index in [1.54, 1.807) is 14.2 Å². The number of fused-ring (bicyclic) bond motifs is 2. The summed E-state index contributed by atoms with van der Waals surface area (Å²) in [6.07, 6.45) is 5.08. The summed E-state index contributed by atoms with van der Waals surface area (Å²) in [4.78, 5) is 15.4. The van der Waals surface area contributed by atoms with E-state index in [-0.39, 0.29) is 5.91 Å². The van der Waals surface area contributed by atoms with Gasteiger partial charge in [0, 0.05) is 37.0 Å². The summed E-state index contributed by atoms with van der Waals surface area (Å²) in [7, 11) is 5.17. The molecule has 2 aromatic heterocycles. The number of carbonyl (C=O) groups is 1. The number of piperidine rings is 1. The van der Waals surface area contributed by atoms with Crippen molar-refractivity contribution >= 4 is 16.8 Å². The lowest BCUT2D eigenvalue weighted by molar-refractivity contribution is 0.0696. The van der Waals surface area contributed by atoms with E-state index >= 15 is 0 Å². The van der Waals surface area contributed by atoms with Crippen LogP contribution in [0.15, 0.2) is 22.7 Å². The van der Waals surface area contributed by atoms with E-state index in [9.17, 15) is 4.79 Å². The van der Waals surface area contributed by atoms with Crippen LogP contribution in [0.4, 0.5) is 0 Å². The van der Waals surface area contributed by atoms with E-state index in [0.29, 0.717) is 29.0 Å². The van der Waals surface area contributed by atoms with E-state index in [2.05, 4.69) is 12.1 Å². The monoisotopic (exact) mass is 437 g/mol. The minimum atomic E-state index is 0.0522. The van der Waals surface area contributed by atoms with Crippen LogP contribution in [0.25, 0.3) is 10.9 Å². The molecular weight excluding hydrogens is 406 g/mol. The lowest BCUT2D eigenvalue weighted by Crippen LogP contribution is -2.38. The molecule has 0 N–H and O–H groups in total. The van der Waals surface area contributed by atoms with Gasteiger partial charge in [-0.1, -0.05) is 12.1 Å². The minimum absolute atomic E-state index is 0.0522. The fraction of sp³-hybridized carbons (Fsp3) is 0.520. The van der Waals surface area contributed by atoms with E-state index in [4.69, 9.17) is 14.0 Å². The summed E-state index contributed by atoms with van der Waals surface area (Å²) >= 11 is 0. The Balaban J connectivity index is 1.35. The van der Waals surface area contributed by atoms with Crippen molar-refractivity contribution in [2.75, 3.05) is 27.3 Å². The smallest absolute Gasteiger partial charge is 0.270 e. The first kappa shape index (κ1) is 20.9. The first-order valence-electron chi connectivity index (χ1n) is 11.5. The van der Waals surface area contributed by atoms with Gasteiger partial charge in [-0.25, -0.2) is 0 Å². The Morgan fingerprint density at radius 2 is 1.94 bits per heavy atom. The Kier molecular flexibility index (Phi) is 5.35. The van der Waals surface area contributed by atoms with Gasteiger partial charge in [-0.05, 0) is 56.2 Å². The third-order valence-corrected chi connectivity index (χ3v) is 7.26. The van der Waals surface area contributed by atoms with Crippen LogP contribution in [-0.2, 0) is 19.9 Å². The maximum Gasteiger partial charge on any atom is 0.270 e. The Hall–Kier alpha value is -2.96. The molecule has 7 nitrogen and oxygen atoms in total. The molecule has 1 aliphatic heterocycles. The van der Waals surface area contributed by atoms with E-state index in [1.165, 1.54) is 12.0 Å². The third-order valence-electron chi connectivity index (χ3n) is 7.26. The highest BCUT2D eigenvalue weighted by molar-refractivity contribution is 6.01. The zero-order valence-corrected chi connectivity index (χ0v) is 19.3. The number of likely N-dealkylation sites (tertiary alicyclic amines) is 1. The second kappa shape index (κ2) is 8.19. The number of nitrogens with zero attached hydrogens (tertiary/aromatic N) is 3. The van der Waals surface area contributed by atoms with Gasteiger partial charge in [0.05, 0.1) is 25.4 Å². The largest absolute Gasteiger partial charge is 0.493 e. The van der Waals surface area contributed by atoms with Crippen LogP contribution in [-0.4, -0.2) is 47.8 Å². The van der Waals surface area contributed by atoms with Gasteiger partial charge >= 0.3 is 0 Å². The van der Waals surface area contributed by atoms with Crippen molar-refractivity contribution in [3.63, 3.8) is 0 Å². The predicted molar refractivity (Wildman–Crippen MR) is 122 cm³/mol. The fourth-order valence-electron chi connectivity index (χ4n) is 5.37. The van der Waals surface area contributed by atoms with Crippen molar-refractivity contribution in [1.29, 1.82) is 0 Å². The first-order valence-corrected chi connectivity index (χ1v) is 11.5. The molecule has 1 saturated heterocycles. The molecule has 32 heavy (non-hydrogen) atoms. The summed E-state index contributed by atoms with van der Waals surface area (Å²) in [5.74, 6) is 3.47. The van der Waals surface area contributed by atoms with Gasteiger partial charge < -0.3 is 23.5 Å². The number of rotatable bonds is 4. The molecule has 1 atom stereocenters. The van der Waals surface area contributed by atoms with Gasteiger partial charge in [0.15, 0.2) is 11.5 Å². The number of hydrogen-bond donors (Lipinski definition) is 0. The van der Waals surface area contributed by atoms with Crippen LogP contribution in [0.3, 0.4) is 0 Å². The summed E-state index contributed by atoms with van der Waals surface area (Å²) in [5, 5.41) is 5.24. The molecule has 5 rings (SSSR count). The van der Waals surface area contributed by atoms with Crippen LogP contribution < -0.4 is 9.47 Å². The first-order chi connectivity index (χ1) is 15.5. The van der Waals surface area contributed by atoms with Gasteiger partial charge in [-0.3, -0.25) is 4.79 Å². The van der Waals surface area contributed by atoms with Gasteiger partial charge in [0.1, 0.15) is 11.5 Å². The topological polar surface area (TPSA) is 69.7 Å². The van der Waals surface area contributed by atoms with Crippen LogP contribution in [0.5, 0.6) is 11.5 Å². The molecule has 0 bridgehead atoms. The Labute approximate surface area is 188 Å². The van der Waals surface area contributed by atoms with Crippen molar-refractivity contribution in [3.8, 4) is 11.5 Å². The molecule has 0 spiro atoms. The molecule has 7 heteroatoms.